The Kier molecular flexibility index (Phi) is 6.81. The molecule has 1 N–H and O–H groups in total. The van der Waals surface area contributed by atoms with Crippen LogP contribution in [0.15, 0.2) is 84.0 Å². The number of anilines is 1. The van der Waals surface area contributed by atoms with Crippen molar-refractivity contribution in [2.45, 2.75) is 11.7 Å². The van der Waals surface area contributed by atoms with Crippen molar-refractivity contribution in [1.29, 1.82) is 0 Å². The van der Waals surface area contributed by atoms with Gasteiger partial charge in [0.05, 0.1) is 19.4 Å². The minimum Gasteiger partial charge on any atom is -0.497 e. The van der Waals surface area contributed by atoms with Gasteiger partial charge in [-0.2, -0.15) is 0 Å². The zero-order chi connectivity index (χ0) is 22.3. The molecule has 0 bridgehead atoms. The van der Waals surface area contributed by atoms with E-state index in [9.17, 15) is 9.18 Å². The van der Waals surface area contributed by atoms with Crippen molar-refractivity contribution in [2.75, 3.05) is 18.2 Å². The van der Waals surface area contributed by atoms with Crippen LogP contribution in [0.2, 0.25) is 0 Å². The zero-order valence-electron chi connectivity index (χ0n) is 17.4. The Bertz CT molecular complexity index is 1180. The van der Waals surface area contributed by atoms with Gasteiger partial charge in [0.2, 0.25) is 0 Å². The maximum Gasteiger partial charge on any atom is 0.196 e. The number of nitrogens with zero attached hydrogens (tertiary/aromatic N) is 3. The molecule has 162 valence electrons. The normalized spacial score (nSPS) is 10.7. The Balaban J connectivity index is 1.52. The van der Waals surface area contributed by atoms with Gasteiger partial charge in [-0.25, -0.2) is 4.39 Å². The molecule has 0 atom stereocenters. The number of halogens is 1. The van der Waals surface area contributed by atoms with E-state index in [0.717, 1.165) is 11.4 Å². The van der Waals surface area contributed by atoms with Crippen LogP contribution in [0.3, 0.4) is 0 Å². The SMILES string of the molecule is COc1ccc(C(=O)CSc2nnc(CNc3ccc(F)cc3)n2-c2ccccc2)cc1. The number of carbonyl (C=O) groups is 1. The molecule has 6 nitrogen and oxygen atoms in total. The van der Waals surface area contributed by atoms with Gasteiger partial charge in [-0.3, -0.25) is 9.36 Å². The fraction of sp³-hybridized carbons (Fsp3) is 0.125. The predicted molar refractivity (Wildman–Crippen MR) is 123 cm³/mol. The van der Waals surface area contributed by atoms with Crippen molar-refractivity contribution in [3.63, 3.8) is 0 Å². The highest BCUT2D eigenvalue weighted by Crippen LogP contribution is 2.24. The highest BCUT2D eigenvalue weighted by atomic mass is 32.2. The molecule has 4 rings (SSSR count). The van der Waals surface area contributed by atoms with Gasteiger partial charge >= 0.3 is 0 Å². The number of Topliss-reactive ketones (excluding diaryl/α,β-unsaturated/α-hetero) is 1. The first-order valence-corrected chi connectivity index (χ1v) is 10.9. The molecule has 0 radical (unpaired) electrons. The fourth-order valence-corrected chi connectivity index (χ4v) is 3.95. The van der Waals surface area contributed by atoms with Crippen LogP contribution in [0.25, 0.3) is 5.69 Å². The molecule has 0 saturated carbocycles. The number of hydrogen-bond donors (Lipinski definition) is 1. The summed E-state index contributed by atoms with van der Waals surface area (Å²) in [4.78, 5) is 12.6. The summed E-state index contributed by atoms with van der Waals surface area (Å²) in [5.74, 6) is 1.31. The number of nitrogens with one attached hydrogen (secondary N) is 1. The molecule has 0 spiro atoms. The van der Waals surface area contributed by atoms with Gasteiger partial charge < -0.3 is 10.1 Å². The van der Waals surface area contributed by atoms with Gasteiger partial charge in [-0.15, -0.1) is 10.2 Å². The lowest BCUT2D eigenvalue weighted by molar-refractivity contribution is 0.102. The average molecular weight is 449 g/mol. The Morgan fingerprint density at radius 3 is 2.41 bits per heavy atom. The lowest BCUT2D eigenvalue weighted by Gasteiger charge is -2.11. The molecule has 0 saturated heterocycles. The van der Waals surface area contributed by atoms with E-state index >= 15 is 0 Å². The molecule has 32 heavy (non-hydrogen) atoms. The average Bonchev–Trinajstić information content (AvgIpc) is 3.25. The summed E-state index contributed by atoms with van der Waals surface area (Å²) in [7, 11) is 1.59. The molecule has 1 heterocycles. The number of thioether (sulfide) groups is 1. The summed E-state index contributed by atoms with van der Waals surface area (Å²) < 4.78 is 20.2. The lowest BCUT2D eigenvalue weighted by atomic mass is 10.1. The second-order valence-electron chi connectivity index (χ2n) is 6.87. The van der Waals surface area contributed by atoms with Crippen LogP contribution in [-0.4, -0.2) is 33.4 Å². The first-order valence-electron chi connectivity index (χ1n) is 9.93. The molecule has 0 aliphatic rings. The second kappa shape index (κ2) is 10.1. The van der Waals surface area contributed by atoms with E-state index in [1.165, 1.54) is 23.9 Å². The Morgan fingerprint density at radius 1 is 1.00 bits per heavy atom. The molecule has 4 aromatic rings. The van der Waals surface area contributed by atoms with Crippen LogP contribution in [0.5, 0.6) is 5.75 Å². The van der Waals surface area contributed by atoms with Gasteiger partial charge in [0.15, 0.2) is 16.8 Å². The van der Waals surface area contributed by atoms with E-state index < -0.39 is 0 Å². The molecule has 0 fully saturated rings. The third-order valence-electron chi connectivity index (χ3n) is 4.75. The predicted octanol–water partition coefficient (Wildman–Crippen LogP) is 5.00. The van der Waals surface area contributed by atoms with Gasteiger partial charge in [0, 0.05) is 16.9 Å². The van der Waals surface area contributed by atoms with Crippen molar-refractivity contribution < 1.29 is 13.9 Å². The Hall–Kier alpha value is -3.65. The number of aromatic nitrogens is 3. The minimum atomic E-state index is -0.289. The highest BCUT2D eigenvalue weighted by Gasteiger charge is 2.16. The summed E-state index contributed by atoms with van der Waals surface area (Å²) in [5.41, 5.74) is 2.29. The summed E-state index contributed by atoms with van der Waals surface area (Å²) in [6.07, 6.45) is 0. The molecule has 0 unspecified atom stereocenters. The first kappa shape index (κ1) is 21.6. The summed E-state index contributed by atoms with van der Waals surface area (Å²) in [5, 5.41) is 12.5. The summed E-state index contributed by atoms with van der Waals surface area (Å²) in [6, 6.07) is 22.9. The standard InChI is InChI=1S/C24H21FN4O2S/c1-31-21-13-7-17(8-14-21)22(30)16-32-24-28-27-23(29(24)20-5-3-2-4-6-20)15-26-19-11-9-18(25)10-12-19/h2-14,26H,15-16H2,1H3. The molecule has 8 heteroatoms. The highest BCUT2D eigenvalue weighted by molar-refractivity contribution is 7.99. The lowest BCUT2D eigenvalue weighted by Crippen LogP contribution is -2.09. The van der Waals surface area contributed by atoms with Gasteiger partial charge in [0.25, 0.3) is 0 Å². The van der Waals surface area contributed by atoms with Crippen LogP contribution in [-0.2, 0) is 6.54 Å². The number of methoxy groups -OCH3 is 1. The van der Waals surface area contributed by atoms with E-state index in [-0.39, 0.29) is 17.4 Å². The van der Waals surface area contributed by atoms with Crippen LogP contribution >= 0.6 is 11.8 Å². The van der Waals surface area contributed by atoms with E-state index in [2.05, 4.69) is 15.5 Å². The van der Waals surface area contributed by atoms with Gasteiger partial charge in [-0.1, -0.05) is 30.0 Å². The monoisotopic (exact) mass is 448 g/mol. The largest absolute Gasteiger partial charge is 0.497 e. The zero-order valence-corrected chi connectivity index (χ0v) is 18.2. The van der Waals surface area contributed by atoms with E-state index in [1.54, 1.807) is 43.5 Å². The molecule has 0 amide bonds. The third-order valence-corrected chi connectivity index (χ3v) is 5.68. The van der Waals surface area contributed by atoms with E-state index in [1.807, 2.05) is 34.9 Å². The van der Waals surface area contributed by atoms with Crippen molar-refractivity contribution >= 4 is 23.2 Å². The summed E-state index contributed by atoms with van der Waals surface area (Å²) in [6.45, 7) is 0.389. The molecular weight excluding hydrogens is 427 g/mol. The van der Waals surface area contributed by atoms with Crippen LogP contribution in [0, 0.1) is 5.82 Å². The molecule has 1 aromatic heterocycles. The van der Waals surface area contributed by atoms with Gasteiger partial charge in [0.1, 0.15) is 11.6 Å². The molecule has 3 aromatic carbocycles. The quantitative estimate of drug-likeness (QED) is 0.287. The Morgan fingerprint density at radius 2 is 1.72 bits per heavy atom. The van der Waals surface area contributed by atoms with E-state index in [4.69, 9.17) is 4.74 Å². The molecule has 0 aliphatic carbocycles. The van der Waals surface area contributed by atoms with Crippen LogP contribution < -0.4 is 10.1 Å². The first-order chi connectivity index (χ1) is 15.6. The number of carbonyl (C=O) groups excluding carboxylic acids is 1. The summed E-state index contributed by atoms with van der Waals surface area (Å²) >= 11 is 1.33. The smallest absolute Gasteiger partial charge is 0.196 e. The number of rotatable bonds is 9. The van der Waals surface area contributed by atoms with Crippen molar-refractivity contribution in [3.8, 4) is 11.4 Å². The van der Waals surface area contributed by atoms with Crippen LogP contribution in [0.1, 0.15) is 16.2 Å². The van der Waals surface area contributed by atoms with Crippen LogP contribution in [0.4, 0.5) is 10.1 Å². The van der Waals surface area contributed by atoms with Crippen molar-refractivity contribution in [3.05, 3.63) is 96.1 Å². The fourth-order valence-electron chi connectivity index (χ4n) is 3.08. The number of ketones is 1. The third kappa shape index (κ3) is 5.15. The second-order valence-corrected chi connectivity index (χ2v) is 7.81. The number of para-hydroxylation sites is 1. The van der Waals surface area contributed by atoms with Crippen molar-refractivity contribution in [2.24, 2.45) is 0 Å². The van der Waals surface area contributed by atoms with E-state index in [0.29, 0.717) is 28.8 Å². The Labute approximate surface area is 189 Å². The molecule has 0 aliphatic heterocycles. The number of benzene rings is 3. The maximum absolute atomic E-state index is 13.2. The minimum absolute atomic E-state index is 0.00810. The molecular formula is C24H21FN4O2S. The topological polar surface area (TPSA) is 69.0 Å². The van der Waals surface area contributed by atoms with Gasteiger partial charge in [-0.05, 0) is 60.7 Å². The maximum atomic E-state index is 13.2. The van der Waals surface area contributed by atoms with Crippen molar-refractivity contribution in [1.82, 2.24) is 14.8 Å². The number of hydrogen-bond acceptors (Lipinski definition) is 6. The number of ether oxygens (including phenoxy) is 1.